The van der Waals surface area contributed by atoms with Gasteiger partial charge in [-0.25, -0.2) is 4.79 Å². The van der Waals surface area contributed by atoms with Crippen LogP contribution in [0.15, 0.2) is 24.3 Å². The highest BCUT2D eigenvalue weighted by molar-refractivity contribution is 5.87. The Bertz CT molecular complexity index is 362. The zero-order chi connectivity index (χ0) is 12.8. The molecule has 0 saturated carbocycles. The van der Waals surface area contributed by atoms with Crippen LogP contribution in [0.3, 0.4) is 0 Å². The molecule has 1 atom stereocenters. The molecule has 0 saturated heterocycles. The van der Waals surface area contributed by atoms with Gasteiger partial charge in [-0.2, -0.15) is 0 Å². The van der Waals surface area contributed by atoms with Gasteiger partial charge >= 0.3 is 6.09 Å². The SMILES string of the molecule is CCC(C)OC(=O)N(CC)c1ccc(N)cc1. The van der Waals surface area contributed by atoms with Gasteiger partial charge in [0.15, 0.2) is 0 Å². The molecule has 4 heteroatoms. The van der Waals surface area contributed by atoms with Crippen molar-refractivity contribution < 1.29 is 9.53 Å². The Balaban J connectivity index is 2.77. The minimum atomic E-state index is -0.313. The Labute approximate surface area is 102 Å². The first-order chi connectivity index (χ1) is 8.08. The van der Waals surface area contributed by atoms with Crippen LogP contribution in [0.1, 0.15) is 27.2 Å². The van der Waals surface area contributed by atoms with Crippen LogP contribution < -0.4 is 10.6 Å². The second-order valence-corrected chi connectivity index (χ2v) is 3.94. The van der Waals surface area contributed by atoms with E-state index in [1.165, 1.54) is 0 Å². The van der Waals surface area contributed by atoms with Crippen molar-refractivity contribution in [2.24, 2.45) is 0 Å². The number of ether oxygens (including phenoxy) is 1. The molecule has 0 spiro atoms. The van der Waals surface area contributed by atoms with Crippen LogP contribution in [0.5, 0.6) is 0 Å². The predicted molar refractivity (Wildman–Crippen MR) is 70.1 cm³/mol. The van der Waals surface area contributed by atoms with Crippen LogP contribution in [-0.4, -0.2) is 18.7 Å². The van der Waals surface area contributed by atoms with Gasteiger partial charge in [-0.3, -0.25) is 4.90 Å². The molecule has 1 unspecified atom stereocenters. The van der Waals surface area contributed by atoms with Gasteiger partial charge in [0.25, 0.3) is 0 Å². The third kappa shape index (κ3) is 3.66. The molecule has 1 aromatic rings. The summed E-state index contributed by atoms with van der Waals surface area (Å²) in [7, 11) is 0. The maximum absolute atomic E-state index is 11.9. The number of benzene rings is 1. The van der Waals surface area contributed by atoms with Crippen LogP contribution in [0.25, 0.3) is 0 Å². The van der Waals surface area contributed by atoms with Gasteiger partial charge < -0.3 is 10.5 Å². The van der Waals surface area contributed by atoms with E-state index in [9.17, 15) is 4.79 Å². The second kappa shape index (κ2) is 6.13. The van der Waals surface area contributed by atoms with E-state index in [1.807, 2.05) is 32.9 Å². The Morgan fingerprint density at radius 1 is 1.35 bits per heavy atom. The zero-order valence-corrected chi connectivity index (χ0v) is 10.6. The predicted octanol–water partition coefficient (Wildman–Crippen LogP) is 3.03. The fourth-order valence-corrected chi connectivity index (χ4v) is 1.39. The summed E-state index contributed by atoms with van der Waals surface area (Å²) in [6.45, 7) is 6.35. The van der Waals surface area contributed by atoms with Crippen LogP contribution in [-0.2, 0) is 4.74 Å². The first-order valence-electron chi connectivity index (χ1n) is 5.92. The van der Waals surface area contributed by atoms with Crippen molar-refractivity contribution in [2.45, 2.75) is 33.3 Å². The van der Waals surface area contributed by atoms with E-state index in [2.05, 4.69) is 0 Å². The maximum atomic E-state index is 11.9. The Hall–Kier alpha value is -1.71. The monoisotopic (exact) mass is 236 g/mol. The zero-order valence-electron chi connectivity index (χ0n) is 10.6. The van der Waals surface area contributed by atoms with Crippen molar-refractivity contribution in [3.8, 4) is 0 Å². The molecule has 1 rings (SSSR count). The third-order valence-corrected chi connectivity index (χ3v) is 2.62. The maximum Gasteiger partial charge on any atom is 0.414 e. The number of hydrogen-bond donors (Lipinski definition) is 1. The fourth-order valence-electron chi connectivity index (χ4n) is 1.39. The Morgan fingerprint density at radius 2 is 1.94 bits per heavy atom. The lowest BCUT2D eigenvalue weighted by Gasteiger charge is -2.22. The fraction of sp³-hybridized carbons (Fsp3) is 0.462. The molecule has 0 aliphatic rings. The molecular weight excluding hydrogens is 216 g/mol. The molecule has 0 bridgehead atoms. The first-order valence-corrected chi connectivity index (χ1v) is 5.92. The summed E-state index contributed by atoms with van der Waals surface area (Å²) in [4.78, 5) is 13.5. The molecule has 2 N–H and O–H groups in total. The largest absolute Gasteiger partial charge is 0.446 e. The van der Waals surface area contributed by atoms with E-state index in [4.69, 9.17) is 10.5 Å². The van der Waals surface area contributed by atoms with Crippen molar-refractivity contribution in [1.82, 2.24) is 0 Å². The molecule has 0 aliphatic heterocycles. The normalized spacial score (nSPS) is 11.9. The highest BCUT2D eigenvalue weighted by atomic mass is 16.6. The Morgan fingerprint density at radius 3 is 2.41 bits per heavy atom. The second-order valence-electron chi connectivity index (χ2n) is 3.94. The van der Waals surface area contributed by atoms with Gasteiger partial charge in [0.2, 0.25) is 0 Å². The van der Waals surface area contributed by atoms with Crippen LogP contribution in [0.2, 0.25) is 0 Å². The van der Waals surface area contributed by atoms with Crippen LogP contribution in [0, 0.1) is 0 Å². The lowest BCUT2D eigenvalue weighted by Crippen LogP contribution is -2.33. The van der Waals surface area contributed by atoms with E-state index < -0.39 is 0 Å². The molecule has 0 radical (unpaired) electrons. The summed E-state index contributed by atoms with van der Waals surface area (Å²) in [5, 5.41) is 0. The summed E-state index contributed by atoms with van der Waals surface area (Å²) in [5.74, 6) is 0. The number of nitrogen functional groups attached to an aromatic ring is 1. The molecule has 1 amide bonds. The summed E-state index contributed by atoms with van der Waals surface area (Å²) in [5.41, 5.74) is 7.09. The molecule has 0 heterocycles. The Kier molecular flexibility index (Phi) is 4.82. The van der Waals surface area contributed by atoms with Crippen LogP contribution >= 0.6 is 0 Å². The minimum Gasteiger partial charge on any atom is -0.446 e. The van der Waals surface area contributed by atoms with Gasteiger partial charge in [0.05, 0.1) is 0 Å². The number of carbonyl (C=O) groups is 1. The molecular formula is C13H20N2O2. The number of hydrogen-bond acceptors (Lipinski definition) is 3. The van der Waals surface area contributed by atoms with Crippen molar-refractivity contribution >= 4 is 17.5 Å². The lowest BCUT2D eigenvalue weighted by molar-refractivity contribution is 0.112. The topological polar surface area (TPSA) is 55.6 Å². The number of amides is 1. The molecule has 0 aromatic heterocycles. The molecule has 0 aliphatic carbocycles. The summed E-state index contributed by atoms with van der Waals surface area (Å²) >= 11 is 0. The average Bonchev–Trinajstić information content (AvgIpc) is 2.32. The smallest absolute Gasteiger partial charge is 0.414 e. The van der Waals surface area contributed by atoms with Gasteiger partial charge in [0, 0.05) is 17.9 Å². The van der Waals surface area contributed by atoms with Crippen molar-refractivity contribution in [1.29, 1.82) is 0 Å². The molecule has 17 heavy (non-hydrogen) atoms. The van der Waals surface area contributed by atoms with Gasteiger partial charge in [-0.15, -0.1) is 0 Å². The quantitative estimate of drug-likeness (QED) is 0.817. The van der Waals surface area contributed by atoms with Crippen molar-refractivity contribution in [3.63, 3.8) is 0 Å². The van der Waals surface area contributed by atoms with Gasteiger partial charge in [-0.05, 0) is 44.5 Å². The van der Waals surface area contributed by atoms with E-state index in [1.54, 1.807) is 17.0 Å². The number of rotatable bonds is 4. The highest BCUT2D eigenvalue weighted by Crippen LogP contribution is 2.17. The number of nitrogens with two attached hydrogens (primary N) is 1. The number of anilines is 2. The minimum absolute atomic E-state index is 0.0645. The van der Waals surface area contributed by atoms with Crippen LogP contribution in [0.4, 0.5) is 16.2 Å². The number of carbonyl (C=O) groups excluding carboxylic acids is 1. The first kappa shape index (κ1) is 13.4. The van der Waals surface area contributed by atoms with E-state index in [0.29, 0.717) is 12.2 Å². The molecule has 4 nitrogen and oxygen atoms in total. The highest BCUT2D eigenvalue weighted by Gasteiger charge is 2.17. The van der Waals surface area contributed by atoms with Gasteiger partial charge in [0.1, 0.15) is 6.10 Å². The van der Waals surface area contributed by atoms with Gasteiger partial charge in [-0.1, -0.05) is 6.92 Å². The van der Waals surface area contributed by atoms with E-state index >= 15 is 0 Å². The lowest BCUT2D eigenvalue weighted by atomic mass is 10.2. The number of nitrogens with zero attached hydrogens (tertiary/aromatic N) is 1. The standard InChI is InChI=1S/C13H20N2O2/c1-4-10(3)17-13(16)15(5-2)12-8-6-11(14)7-9-12/h6-10H,4-5,14H2,1-3H3. The summed E-state index contributed by atoms with van der Waals surface area (Å²) in [6, 6.07) is 7.18. The molecule has 94 valence electrons. The van der Waals surface area contributed by atoms with Crippen molar-refractivity contribution in [2.75, 3.05) is 17.2 Å². The average molecular weight is 236 g/mol. The van der Waals surface area contributed by atoms with E-state index in [0.717, 1.165) is 12.1 Å². The van der Waals surface area contributed by atoms with E-state index in [-0.39, 0.29) is 12.2 Å². The van der Waals surface area contributed by atoms with Crippen molar-refractivity contribution in [3.05, 3.63) is 24.3 Å². The summed E-state index contributed by atoms with van der Waals surface area (Å²) < 4.78 is 5.29. The molecule has 1 aromatic carbocycles. The molecule has 0 fully saturated rings. The third-order valence-electron chi connectivity index (χ3n) is 2.62. The summed E-state index contributed by atoms with van der Waals surface area (Å²) in [6.07, 6.45) is 0.433.